The molecule has 442 valence electrons. The molecule has 0 aromatic carbocycles. The molecule has 1 amide bonds. The highest BCUT2D eigenvalue weighted by atomic mass is 31.2. The van der Waals surface area contributed by atoms with Crippen LogP contribution < -0.4 is 5.32 Å². The summed E-state index contributed by atoms with van der Waals surface area (Å²) in [6, 6.07) is -0.850. The van der Waals surface area contributed by atoms with Gasteiger partial charge in [0.25, 0.3) is 0 Å². The third-order valence-corrected chi connectivity index (χ3v) is 15.1. The Bertz CT molecular complexity index is 1510. The first-order valence-corrected chi connectivity index (χ1v) is 33.5. The molecule has 0 bridgehead atoms. The smallest absolute Gasteiger partial charge is 0.387 e. The van der Waals surface area contributed by atoms with Gasteiger partial charge in [0.1, 0.15) is 13.2 Å². The molecule has 0 spiro atoms. The van der Waals surface area contributed by atoms with Gasteiger partial charge in [0, 0.05) is 6.42 Å². The van der Waals surface area contributed by atoms with Crippen LogP contribution in [0.25, 0.3) is 0 Å². The van der Waals surface area contributed by atoms with Crippen molar-refractivity contribution in [1.82, 2.24) is 5.32 Å². The van der Waals surface area contributed by atoms with Gasteiger partial charge in [-0.15, -0.1) is 0 Å². The minimum Gasteiger partial charge on any atom is -0.387 e. The molecule has 8 nitrogen and oxygen atoms in total. The summed E-state index contributed by atoms with van der Waals surface area (Å²) in [5.41, 5.74) is 0. The van der Waals surface area contributed by atoms with E-state index in [4.69, 9.17) is 9.05 Å². The van der Waals surface area contributed by atoms with Gasteiger partial charge in [-0.2, -0.15) is 0 Å². The van der Waals surface area contributed by atoms with E-state index >= 15 is 0 Å². The van der Waals surface area contributed by atoms with Crippen molar-refractivity contribution in [3.8, 4) is 0 Å². The van der Waals surface area contributed by atoms with Crippen molar-refractivity contribution in [3.05, 3.63) is 85.1 Å². The van der Waals surface area contributed by atoms with Crippen LogP contribution in [0.15, 0.2) is 85.1 Å². The molecule has 3 atom stereocenters. The van der Waals surface area contributed by atoms with E-state index in [0.29, 0.717) is 17.4 Å². The number of phosphoric ester groups is 1. The summed E-state index contributed by atoms with van der Waals surface area (Å²) < 4.78 is 23.8. The number of phosphoric acid groups is 1. The Morgan fingerprint density at radius 2 is 0.789 bits per heavy atom. The van der Waals surface area contributed by atoms with Gasteiger partial charge in [-0.05, 0) is 70.6 Å². The van der Waals surface area contributed by atoms with E-state index in [1.54, 1.807) is 6.08 Å². The fourth-order valence-electron chi connectivity index (χ4n) is 9.17. The number of amides is 1. The molecule has 3 unspecified atom stereocenters. The maximum absolute atomic E-state index is 13.0. The number of aliphatic hydroxyl groups excluding tert-OH is 1. The molecule has 0 aliphatic heterocycles. The number of quaternary nitrogens is 1. The van der Waals surface area contributed by atoms with Crippen molar-refractivity contribution in [2.24, 2.45) is 0 Å². The molecule has 0 saturated carbocycles. The number of rotatable bonds is 58. The zero-order chi connectivity index (χ0) is 55.6. The topological polar surface area (TPSA) is 105 Å². The molecule has 0 rings (SSSR count). The van der Waals surface area contributed by atoms with Gasteiger partial charge in [-0.25, -0.2) is 4.57 Å². The minimum absolute atomic E-state index is 0.0601. The Morgan fingerprint density at radius 3 is 1.16 bits per heavy atom. The first-order valence-electron chi connectivity index (χ1n) is 32.0. The quantitative estimate of drug-likeness (QED) is 0.0243. The van der Waals surface area contributed by atoms with Crippen molar-refractivity contribution >= 4 is 13.7 Å². The molecule has 0 heterocycles. The normalized spacial score (nSPS) is 14.4. The molecule has 9 heteroatoms. The molecule has 0 aliphatic rings. The van der Waals surface area contributed by atoms with E-state index in [1.807, 2.05) is 27.2 Å². The standard InChI is InChI=1S/C67H123N2O6P/c1-6-8-10-12-14-16-18-20-22-24-26-27-28-29-30-31-32-33-34-35-36-37-38-39-40-41-43-45-47-49-51-53-55-57-59-61-67(71)68-65(64-75-76(72,73)74-63-62-69(3,4)5)66(70)60-58-56-54-52-50-48-46-44-42-25-23-21-19-17-15-13-11-9-7-2/h8,10,14,16,20,22,26-27,29-30,32-33,58,60,65-66,70H,6-7,9,11-13,15,17-19,21,23-25,28,31,34-57,59,61-64H2,1-5H3,(H-,68,71,72,73)/p+1/b10-8-,16-14-,22-20-,27-26-,30-29-,33-32-,60-58+. The number of likely N-dealkylation sites (N-methyl/N-ethyl adjacent to an activating group) is 1. The SMILES string of the molecule is CC/C=C\C/C=C\C/C=C\C/C=C\C/C=C\C/C=C\CCCCCCCCCCCCCCCCCCC(=O)NC(COP(=O)(O)OCC[N+](C)(C)C)C(O)/C=C/CCCCCCCCCCCCCCCCCCC. The summed E-state index contributed by atoms with van der Waals surface area (Å²) in [6.45, 7) is 4.73. The number of aliphatic hydroxyl groups is 1. The van der Waals surface area contributed by atoms with Gasteiger partial charge in [0.05, 0.1) is 39.9 Å². The lowest BCUT2D eigenvalue weighted by Crippen LogP contribution is -2.45. The third-order valence-electron chi connectivity index (χ3n) is 14.1. The highest BCUT2D eigenvalue weighted by molar-refractivity contribution is 7.47. The molecule has 3 N–H and O–H groups in total. The van der Waals surface area contributed by atoms with Crippen LogP contribution in [0.4, 0.5) is 0 Å². The number of nitrogens with zero attached hydrogens (tertiary/aromatic N) is 1. The molecule has 0 aromatic heterocycles. The van der Waals surface area contributed by atoms with Crippen LogP contribution in [-0.2, 0) is 18.4 Å². The average molecular weight is 1080 g/mol. The Labute approximate surface area is 471 Å². The van der Waals surface area contributed by atoms with Gasteiger partial charge in [0.15, 0.2) is 0 Å². The molecule has 0 fully saturated rings. The second-order valence-electron chi connectivity index (χ2n) is 22.8. The second kappa shape index (κ2) is 57.4. The van der Waals surface area contributed by atoms with Crippen molar-refractivity contribution < 1.29 is 32.9 Å². The first-order chi connectivity index (χ1) is 37.0. The van der Waals surface area contributed by atoms with Crippen LogP contribution in [-0.4, -0.2) is 73.4 Å². The third kappa shape index (κ3) is 59.3. The van der Waals surface area contributed by atoms with Crippen LogP contribution in [0.2, 0.25) is 0 Å². The van der Waals surface area contributed by atoms with E-state index in [-0.39, 0.29) is 19.1 Å². The van der Waals surface area contributed by atoms with E-state index < -0.39 is 20.0 Å². The Hall–Kier alpha value is -2.32. The minimum atomic E-state index is -4.35. The molecule has 76 heavy (non-hydrogen) atoms. The maximum Gasteiger partial charge on any atom is 0.472 e. The fourth-order valence-corrected chi connectivity index (χ4v) is 9.90. The van der Waals surface area contributed by atoms with Crippen LogP contribution in [0.1, 0.15) is 284 Å². The maximum atomic E-state index is 13.0. The molecule has 0 saturated heterocycles. The predicted molar refractivity (Wildman–Crippen MR) is 332 cm³/mol. The predicted octanol–water partition coefficient (Wildman–Crippen LogP) is 20.0. The second-order valence-corrected chi connectivity index (χ2v) is 24.2. The number of carbonyl (C=O) groups is 1. The fraction of sp³-hybridized carbons (Fsp3) is 0.776. The summed E-state index contributed by atoms with van der Waals surface area (Å²) >= 11 is 0. The van der Waals surface area contributed by atoms with E-state index in [9.17, 15) is 19.4 Å². The lowest BCUT2D eigenvalue weighted by Gasteiger charge is -2.25. The Balaban J connectivity index is 4.07. The molecule has 0 radical (unpaired) electrons. The zero-order valence-corrected chi connectivity index (χ0v) is 51.4. The number of hydrogen-bond acceptors (Lipinski definition) is 5. The number of hydrogen-bond donors (Lipinski definition) is 3. The summed E-state index contributed by atoms with van der Waals surface area (Å²) in [4.78, 5) is 23.4. The van der Waals surface area contributed by atoms with Gasteiger partial charge >= 0.3 is 7.82 Å². The molecule has 0 aromatic rings. The monoisotopic (exact) mass is 1080 g/mol. The van der Waals surface area contributed by atoms with Crippen LogP contribution in [0.5, 0.6) is 0 Å². The Kier molecular flexibility index (Phi) is 55.6. The van der Waals surface area contributed by atoms with E-state index in [2.05, 4.69) is 92.1 Å². The van der Waals surface area contributed by atoms with E-state index in [1.165, 1.54) is 186 Å². The number of unbranched alkanes of at least 4 members (excludes halogenated alkanes) is 33. The number of allylic oxidation sites excluding steroid dienone is 13. The van der Waals surface area contributed by atoms with Gasteiger partial charge in [-0.3, -0.25) is 13.8 Å². The van der Waals surface area contributed by atoms with Crippen LogP contribution >= 0.6 is 7.82 Å². The van der Waals surface area contributed by atoms with Gasteiger partial charge < -0.3 is 19.8 Å². The summed E-state index contributed by atoms with van der Waals surface area (Å²) in [6.07, 6.45) is 81.3. The summed E-state index contributed by atoms with van der Waals surface area (Å²) in [7, 11) is 1.57. The Morgan fingerprint density at radius 1 is 0.461 bits per heavy atom. The zero-order valence-electron chi connectivity index (χ0n) is 50.5. The average Bonchev–Trinajstić information content (AvgIpc) is 3.38. The number of carbonyl (C=O) groups excluding carboxylic acids is 1. The van der Waals surface area contributed by atoms with Crippen LogP contribution in [0, 0.1) is 0 Å². The molecular weight excluding hydrogens is 960 g/mol. The van der Waals surface area contributed by atoms with Crippen molar-refractivity contribution in [2.75, 3.05) is 40.9 Å². The molecule has 0 aliphatic carbocycles. The summed E-state index contributed by atoms with van der Waals surface area (Å²) in [5.74, 6) is -0.176. The number of nitrogens with one attached hydrogen (secondary N) is 1. The first kappa shape index (κ1) is 73.7. The largest absolute Gasteiger partial charge is 0.472 e. The van der Waals surface area contributed by atoms with Crippen molar-refractivity contribution in [2.45, 2.75) is 296 Å². The van der Waals surface area contributed by atoms with Gasteiger partial charge in [-0.1, -0.05) is 292 Å². The van der Waals surface area contributed by atoms with Gasteiger partial charge in [0.2, 0.25) is 5.91 Å². The van der Waals surface area contributed by atoms with Crippen molar-refractivity contribution in [3.63, 3.8) is 0 Å². The highest BCUT2D eigenvalue weighted by Crippen LogP contribution is 2.43. The van der Waals surface area contributed by atoms with Crippen LogP contribution in [0.3, 0.4) is 0 Å². The van der Waals surface area contributed by atoms with E-state index in [0.717, 1.165) is 77.0 Å². The highest BCUT2D eigenvalue weighted by Gasteiger charge is 2.27. The lowest BCUT2D eigenvalue weighted by molar-refractivity contribution is -0.870. The van der Waals surface area contributed by atoms with Crippen molar-refractivity contribution in [1.29, 1.82) is 0 Å². The summed E-state index contributed by atoms with van der Waals surface area (Å²) in [5, 5.41) is 14.0. The lowest BCUT2D eigenvalue weighted by atomic mass is 10.0. The molecular formula is C67H124N2O6P+.